The Morgan fingerprint density at radius 2 is 1.81 bits per heavy atom. The molecule has 0 atom stereocenters. The van der Waals surface area contributed by atoms with Crippen molar-refractivity contribution in [2.75, 3.05) is 26.2 Å². The Balaban J connectivity index is 1.66. The summed E-state index contributed by atoms with van der Waals surface area (Å²) >= 11 is 5.78. The summed E-state index contributed by atoms with van der Waals surface area (Å²) in [6.07, 6.45) is -4.70. The van der Waals surface area contributed by atoms with Crippen molar-refractivity contribution in [1.29, 1.82) is 0 Å². The summed E-state index contributed by atoms with van der Waals surface area (Å²) in [6, 6.07) is 6.44. The summed E-state index contributed by atoms with van der Waals surface area (Å²) in [5.74, 6) is -0.937. The number of piperazine rings is 1. The molecule has 1 aromatic carbocycles. The Morgan fingerprint density at radius 1 is 1.19 bits per heavy atom. The highest BCUT2D eigenvalue weighted by atomic mass is 35.5. The number of halogens is 5. The first-order valence-corrected chi connectivity index (χ1v) is 8.61. The van der Waals surface area contributed by atoms with Gasteiger partial charge in [-0.25, -0.2) is 4.39 Å². The second-order valence-corrected chi connectivity index (χ2v) is 6.67. The molecule has 5 nitrogen and oxygen atoms in total. The van der Waals surface area contributed by atoms with Gasteiger partial charge in [0.15, 0.2) is 11.4 Å². The highest BCUT2D eigenvalue weighted by molar-refractivity contribution is 6.34. The maximum atomic E-state index is 13.7. The lowest BCUT2D eigenvalue weighted by molar-refractivity contribution is -0.143. The number of carbonyl (C=O) groups excluding carboxylic acids is 1. The zero-order chi connectivity index (χ0) is 19.8. The molecule has 1 aliphatic heterocycles. The molecule has 1 aliphatic rings. The highest BCUT2D eigenvalue weighted by Crippen LogP contribution is 2.36. The van der Waals surface area contributed by atoms with Crippen LogP contribution in [0.15, 0.2) is 24.3 Å². The number of rotatable bonds is 3. The van der Waals surface area contributed by atoms with Gasteiger partial charge in [-0.3, -0.25) is 14.4 Å². The summed E-state index contributed by atoms with van der Waals surface area (Å²) in [7, 11) is 1.10. The van der Waals surface area contributed by atoms with E-state index in [1.54, 1.807) is 18.2 Å². The van der Waals surface area contributed by atoms with Crippen molar-refractivity contribution < 1.29 is 22.4 Å². The van der Waals surface area contributed by atoms with Gasteiger partial charge in [0, 0.05) is 45.3 Å². The number of amides is 1. The topological polar surface area (TPSA) is 41.4 Å². The highest BCUT2D eigenvalue weighted by Gasteiger charge is 2.40. The summed E-state index contributed by atoms with van der Waals surface area (Å²) in [5.41, 5.74) is -1.00. The number of nitrogens with zero attached hydrogens (tertiary/aromatic N) is 4. The number of hydrogen-bond acceptors (Lipinski definition) is 3. The minimum absolute atomic E-state index is 0.293. The zero-order valence-corrected chi connectivity index (χ0v) is 15.2. The van der Waals surface area contributed by atoms with Crippen LogP contribution in [0.25, 0.3) is 0 Å². The zero-order valence-electron chi connectivity index (χ0n) is 14.4. The van der Waals surface area contributed by atoms with E-state index >= 15 is 0 Å². The molecule has 146 valence electrons. The van der Waals surface area contributed by atoms with Crippen LogP contribution >= 0.6 is 11.6 Å². The van der Waals surface area contributed by atoms with E-state index in [0.717, 1.165) is 7.05 Å². The molecule has 0 N–H and O–H groups in total. The standard InChI is InChI=1S/C17H17ClF4N4O/c1-24-15(17(20,21)22)13(18)14(23-24)16(27)26-8-6-25(7-9-26)10-11-4-2-3-5-12(11)19/h2-5H,6-10H2,1H3. The third-order valence-corrected chi connectivity index (χ3v) is 4.83. The maximum Gasteiger partial charge on any atom is 0.434 e. The van der Waals surface area contributed by atoms with Crippen molar-refractivity contribution in [3.05, 3.63) is 52.1 Å². The van der Waals surface area contributed by atoms with Crippen LogP contribution in [0, 0.1) is 5.82 Å². The van der Waals surface area contributed by atoms with Crippen molar-refractivity contribution >= 4 is 17.5 Å². The van der Waals surface area contributed by atoms with Crippen LogP contribution in [-0.4, -0.2) is 51.7 Å². The van der Waals surface area contributed by atoms with Gasteiger partial charge in [-0.2, -0.15) is 18.3 Å². The van der Waals surface area contributed by atoms with E-state index in [-0.39, 0.29) is 5.82 Å². The first-order valence-electron chi connectivity index (χ1n) is 8.23. The first kappa shape index (κ1) is 19.6. The average Bonchev–Trinajstić information content (AvgIpc) is 2.91. The minimum Gasteiger partial charge on any atom is -0.335 e. The van der Waals surface area contributed by atoms with Gasteiger partial charge < -0.3 is 4.90 Å². The van der Waals surface area contributed by atoms with Crippen molar-refractivity contribution in [1.82, 2.24) is 19.6 Å². The van der Waals surface area contributed by atoms with Gasteiger partial charge >= 0.3 is 6.18 Å². The molecule has 2 aromatic rings. The molecular weight excluding hydrogens is 388 g/mol. The molecule has 0 radical (unpaired) electrons. The van der Waals surface area contributed by atoms with Gasteiger partial charge in [-0.1, -0.05) is 29.8 Å². The Kier molecular flexibility index (Phi) is 5.43. The smallest absolute Gasteiger partial charge is 0.335 e. The van der Waals surface area contributed by atoms with E-state index in [4.69, 9.17) is 11.6 Å². The SMILES string of the molecule is Cn1nc(C(=O)N2CCN(Cc3ccccc3F)CC2)c(Cl)c1C(F)(F)F. The van der Waals surface area contributed by atoms with Gasteiger partial charge in [0.05, 0.1) is 0 Å². The number of benzene rings is 1. The predicted molar refractivity (Wildman–Crippen MR) is 90.8 cm³/mol. The fourth-order valence-corrected chi connectivity index (χ4v) is 3.42. The third kappa shape index (κ3) is 4.08. The van der Waals surface area contributed by atoms with E-state index < -0.39 is 28.5 Å². The van der Waals surface area contributed by atoms with Gasteiger partial charge in [0.25, 0.3) is 5.91 Å². The monoisotopic (exact) mass is 404 g/mol. The Labute approximate surface area is 158 Å². The molecule has 0 bridgehead atoms. The molecule has 10 heteroatoms. The van der Waals surface area contributed by atoms with Crippen LogP contribution in [0.5, 0.6) is 0 Å². The maximum absolute atomic E-state index is 13.7. The van der Waals surface area contributed by atoms with Crippen LogP contribution in [0.3, 0.4) is 0 Å². The van der Waals surface area contributed by atoms with E-state index in [0.29, 0.717) is 43.0 Å². The molecule has 0 spiro atoms. The van der Waals surface area contributed by atoms with E-state index in [9.17, 15) is 22.4 Å². The summed E-state index contributed by atoms with van der Waals surface area (Å²) in [4.78, 5) is 15.9. The Bertz CT molecular complexity index is 844. The van der Waals surface area contributed by atoms with E-state index in [1.165, 1.54) is 11.0 Å². The van der Waals surface area contributed by atoms with Gasteiger partial charge in [0.2, 0.25) is 0 Å². The molecule has 1 saturated heterocycles. The summed E-state index contributed by atoms with van der Waals surface area (Å²) in [5, 5.41) is 2.97. The van der Waals surface area contributed by atoms with Crippen molar-refractivity contribution in [2.24, 2.45) is 7.05 Å². The Hall–Kier alpha value is -2.13. The van der Waals surface area contributed by atoms with Gasteiger partial charge in [-0.15, -0.1) is 0 Å². The molecule has 1 aromatic heterocycles. The predicted octanol–water partition coefficient (Wildman–Crippen LogP) is 3.19. The minimum atomic E-state index is -4.70. The molecule has 1 fully saturated rings. The lowest BCUT2D eigenvalue weighted by atomic mass is 10.2. The number of aryl methyl sites for hydroxylation is 1. The normalized spacial score (nSPS) is 16.0. The van der Waals surface area contributed by atoms with Crippen molar-refractivity contribution in [3.8, 4) is 0 Å². The van der Waals surface area contributed by atoms with Crippen molar-refractivity contribution in [3.63, 3.8) is 0 Å². The molecule has 3 rings (SSSR count). The fourth-order valence-electron chi connectivity index (χ4n) is 3.07. The fraction of sp³-hybridized carbons (Fsp3) is 0.412. The lowest BCUT2D eigenvalue weighted by Gasteiger charge is -2.34. The molecule has 1 amide bonds. The number of alkyl halides is 3. The summed E-state index contributed by atoms with van der Waals surface area (Å²) in [6.45, 7) is 1.92. The van der Waals surface area contributed by atoms with Gasteiger partial charge in [-0.05, 0) is 6.07 Å². The van der Waals surface area contributed by atoms with E-state index in [2.05, 4.69) is 5.10 Å². The molecular formula is C17H17ClF4N4O. The van der Waals surface area contributed by atoms with Crippen LogP contribution < -0.4 is 0 Å². The molecule has 0 aliphatic carbocycles. The summed E-state index contributed by atoms with van der Waals surface area (Å²) < 4.78 is 53.4. The second-order valence-electron chi connectivity index (χ2n) is 6.29. The Morgan fingerprint density at radius 3 is 2.37 bits per heavy atom. The third-order valence-electron chi connectivity index (χ3n) is 4.47. The van der Waals surface area contributed by atoms with E-state index in [1.807, 2.05) is 4.90 Å². The molecule has 0 unspecified atom stereocenters. The second kappa shape index (κ2) is 7.47. The number of hydrogen-bond donors (Lipinski definition) is 0. The number of aromatic nitrogens is 2. The number of carbonyl (C=O) groups is 1. The quantitative estimate of drug-likeness (QED) is 0.738. The first-order chi connectivity index (χ1) is 12.7. The largest absolute Gasteiger partial charge is 0.434 e. The average molecular weight is 405 g/mol. The van der Waals surface area contributed by atoms with Crippen LogP contribution in [0.4, 0.5) is 17.6 Å². The molecule has 0 saturated carbocycles. The van der Waals surface area contributed by atoms with Crippen molar-refractivity contribution in [2.45, 2.75) is 12.7 Å². The van der Waals surface area contributed by atoms with Gasteiger partial charge in [0.1, 0.15) is 10.8 Å². The molecule has 2 heterocycles. The van der Waals surface area contributed by atoms with Crippen LogP contribution in [0.2, 0.25) is 5.02 Å². The molecule has 27 heavy (non-hydrogen) atoms. The van der Waals surface area contributed by atoms with Crippen LogP contribution in [-0.2, 0) is 19.8 Å². The van der Waals surface area contributed by atoms with Crippen LogP contribution in [0.1, 0.15) is 21.7 Å². The lowest BCUT2D eigenvalue weighted by Crippen LogP contribution is -2.48.